The van der Waals surface area contributed by atoms with E-state index in [1.54, 1.807) is 0 Å². The van der Waals surface area contributed by atoms with Crippen LogP contribution in [-0.2, 0) is 11.3 Å². The molecule has 2 saturated heterocycles. The number of nitrogens with one attached hydrogen (secondary N) is 2. The number of benzene rings is 1. The molecule has 0 saturated carbocycles. The monoisotopic (exact) mass is 401 g/mol. The van der Waals surface area contributed by atoms with Crippen molar-refractivity contribution in [3.05, 3.63) is 35.9 Å². The molecule has 0 aliphatic carbocycles. The van der Waals surface area contributed by atoms with E-state index in [0.29, 0.717) is 12.1 Å². The highest BCUT2D eigenvalue weighted by Gasteiger charge is 2.25. The summed E-state index contributed by atoms with van der Waals surface area (Å²) in [5.41, 5.74) is 1.40. The van der Waals surface area contributed by atoms with E-state index in [2.05, 4.69) is 64.6 Å². The number of ether oxygens (including phenoxy) is 1. The number of hydrogen-bond acceptors (Lipinski definition) is 4. The van der Waals surface area contributed by atoms with E-state index in [-0.39, 0.29) is 0 Å². The Morgan fingerprint density at radius 1 is 1.17 bits per heavy atom. The predicted octanol–water partition coefficient (Wildman–Crippen LogP) is 2.32. The van der Waals surface area contributed by atoms with Gasteiger partial charge in [-0.25, -0.2) is 0 Å². The predicted molar refractivity (Wildman–Crippen MR) is 120 cm³/mol. The lowest BCUT2D eigenvalue weighted by molar-refractivity contribution is 0.0377. The number of guanidine groups is 1. The third-order valence-corrected chi connectivity index (χ3v) is 5.93. The molecule has 162 valence electrons. The minimum Gasteiger partial charge on any atom is -0.379 e. The number of aliphatic imine (C=N–C) groups is 1. The summed E-state index contributed by atoms with van der Waals surface area (Å²) in [4.78, 5) is 9.90. The van der Waals surface area contributed by atoms with Crippen LogP contribution < -0.4 is 10.6 Å². The normalized spacial score (nSPS) is 24.4. The van der Waals surface area contributed by atoms with Gasteiger partial charge < -0.3 is 15.4 Å². The van der Waals surface area contributed by atoms with Gasteiger partial charge >= 0.3 is 0 Å². The third kappa shape index (κ3) is 7.61. The SMILES string of the molecule is CCNC(=NCCCN1CCOCC1)NC1CCN(Cc2ccccc2)C(C)C1. The molecule has 2 aliphatic heterocycles. The van der Waals surface area contributed by atoms with Crippen LogP contribution in [0.25, 0.3) is 0 Å². The average Bonchev–Trinajstić information content (AvgIpc) is 2.75. The maximum Gasteiger partial charge on any atom is 0.191 e. The maximum absolute atomic E-state index is 5.42. The van der Waals surface area contributed by atoms with Crippen molar-refractivity contribution < 1.29 is 4.74 Å². The number of morpholine rings is 1. The topological polar surface area (TPSA) is 52.1 Å². The number of piperidine rings is 1. The Bertz CT molecular complexity index is 603. The molecule has 0 aromatic heterocycles. The van der Waals surface area contributed by atoms with Crippen LogP contribution in [0.3, 0.4) is 0 Å². The Morgan fingerprint density at radius 3 is 2.69 bits per heavy atom. The molecule has 1 aromatic rings. The summed E-state index contributed by atoms with van der Waals surface area (Å²) in [5, 5.41) is 7.11. The molecule has 2 fully saturated rings. The third-order valence-electron chi connectivity index (χ3n) is 5.93. The lowest BCUT2D eigenvalue weighted by Gasteiger charge is -2.38. The van der Waals surface area contributed by atoms with Crippen molar-refractivity contribution in [2.24, 2.45) is 4.99 Å². The molecule has 2 atom stereocenters. The minimum atomic E-state index is 0.495. The molecule has 6 nitrogen and oxygen atoms in total. The van der Waals surface area contributed by atoms with E-state index in [1.165, 1.54) is 5.56 Å². The fourth-order valence-electron chi connectivity index (χ4n) is 4.23. The molecule has 2 N–H and O–H groups in total. The summed E-state index contributed by atoms with van der Waals surface area (Å²) < 4.78 is 5.42. The molecule has 0 amide bonds. The zero-order valence-electron chi connectivity index (χ0n) is 18.3. The zero-order valence-corrected chi connectivity index (χ0v) is 18.3. The van der Waals surface area contributed by atoms with E-state index >= 15 is 0 Å². The van der Waals surface area contributed by atoms with Crippen molar-refractivity contribution in [2.75, 3.05) is 52.5 Å². The molecule has 0 radical (unpaired) electrons. The molecule has 0 bridgehead atoms. The van der Waals surface area contributed by atoms with Crippen molar-refractivity contribution in [1.82, 2.24) is 20.4 Å². The van der Waals surface area contributed by atoms with Crippen molar-refractivity contribution >= 4 is 5.96 Å². The maximum atomic E-state index is 5.42. The van der Waals surface area contributed by atoms with E-state index in [4.69, 9.17) is 9.73 Å². The number of likely N-dealkylation sites (tertiary alicyclic amines) is 1. The van der Waals surface area contributed by atoms with Crippen LogP contribution in [0.2, 0.25) is 0 Å². The van der Waals surface area contributed by atoms with E-state index in [9.17, 15) is 0 Å². The zero-order chi connectivity index (χ0) is 20.3. The molecule has 29 heavy (non-hydrogen) atoms. The first kappa shape index (κ1) is 22.1. The lowest BCUT2D eigenvalue weighted by atomic mass is 9.97. The second-order valence-corrected chi connectivity index (χ2v) is 8.24. The van der Waals surface area contributed by atoms with E-state index in [1.807, 2.05) is 0 Å². The Kier molecular flexibility index (Phi) is 9.25. The summed E-state index contributed by atoms with van der Waals surface area (Å²) in [7, 11) is 0. The van der Waals surface area contributed by atoms with Gasteiger partial charge in [-0.15, -0.1) is 0 Å². The Morgan fingerprint density at radius 2 is 1.97 bits per heavy atom. The smallest absolute Gasteiger partial charge is 0.191 e. The van der Waals surface area contributed by atoms with Gasteiger partial charge in [0.1, 0.15) is 0 Å². The fourth-order valence-corrected chi connectivity index (χ4v) is 4.23. The second kappa shape index (κ2) is 12.2. The first-order chi connectivity index (χ1) is 14.2. The van der Waals surface area contributed by atoms with Gasteiger partial charge in [0.15, 0.2) is 5.96 Å². The first-order valence-corrected chi connectivity index (χ1v) is 11.4. The standard InChI is InChI=1S/C23H39N5O/c1-3-24-23(25-11-7-12-27-14-16-29-17-15-27)26-22-10-13-28(20(2)18-22)19-21-8-5-4-6-9-21/h4-6,8-9,20,22H,3,7,10-19H2,1-2H3,(H2,24,25,26). The van der Waals surface area contributed by atoms with E-state index < -0.39 is 0 Å². The Labute approximate surface area is 176 Å². The van der Waals surface area contributed by atoms with Crippen molar-refractivity contribution in [3.63, 3.8) is 0 Å². The van der Waals surface area contributed by atoms with Crippen LogP contribution in [0, 0.1) is 0 Å². The molecule has 2 unspecified atom stereocenters. The van der Waals surface area contributed by atoms with Crippen LogP contribution in [0.15, 0.2) is 35.3 Å². The summed E-state index contributed by atoms with van der Waals surface area (Å²) in [6, 6.07) is 11.9. The van der Waals surface area contributed by atoms with Crippen molar-refractivity contribution in [2.45, 2.75) is 51.7 Å². The van der Waals surface area contributed by atoms with Gasteiger partial charge in [-0.3, -0.25) is 14.8 Å². The highest BCUT2D eigenvalue weighted by molar-refractivity contribution is 5.80. The molecule has 0 spiro atoms. The average molecular weight is 402 g/mol. The van der Waals surface area contributed by atoms with E-state index in [0.717, 1.165) is 84.2 Å². The minimum absolute atomic E-state index is 0.495. The lowest BCUT2D eigenvalue weighted by Crippen LogP contribution is -2.51. The largest absolute Gasteiger partial charge is 0.379 e. The van der Waals surface area contributed by atoms with Crippen LogP contribution in [0.1, 0.15) is 38.7 Å². The molecule has 6 heteroatoms. The molecule has 3 rings (SSSR count). The van der Waals surface area contributed by atoms with Crippen molar-refractivity contribution in [1.29, 1.82) is 0 Å². The van der Waals surface area contributed by atoms with Crippen molar-refractivity contribution in [3.8, 4) is 0 Å². The highest BCUT2D eigenvalue weighted by Crippen LogP contribution is 2.19. The summed E-state index contributed by atoms with van der Waals surface area (Å²) in [5.74, 6) is 0.975. The van der Waals surface area contributed by atoms with Gasteiger partial charge in [-0.05, 0) is 38.7 Å². The van der Waals surface area contributed by atoms with Crippen LogP contribution >= 0.6 is 0 Å². The molecule has 2 heterocycles. The van der Waals surface area contributed by atoms with Gasteiger partial charge in [-0.1, -0.05) is 30.3 Å². The quantitative estimate of drug-likeness (QED) is 0.398. The summed E-state index contributed by atoms with van der Waals surface area (Å²) in [6.07, 6.45) is 3.42. The van der Waals surface area contributed by atoms with Crippen LogP contribution in [0.4, 0.5) is 0 Å². The van der Waals surface area contributed by atoms with Gasteiger partial charge in [-0.2, -0.15) is 0 Å². The van der Waals surface area contributed by atoms with Gasteiger partial charge in [0, 0.05) is 57.9 Å². The van der Waals surface area contributed by atoms with Crippen LogP contribution in [0.5, 0.6) is 0 Å². The Hall–Kier alpha value is -1.63. The highest BCUT2D eigenvalue weighted by atomic mass is 16.5. The molecular formula is C23H39N5O. The van der Waals surface area contributed by atoms with Gasteiger partial charge in [0.05, 0.1) is 13.2 Å². The molecular weight excluding hydrogens is 362 g/mol. The number of hydrogen-bond donors (Lipinski definition) is 2. The van der Waals surface area contributed by atoms with Gasteiger partial charge in [0.2, 0.25) is 0 Å². The molecule has 2 aliphatic rings. The van der Waals surface area contributed by atoms with Crippen LogP contribution in [-0.4, -0.2) is 80.3 Å². The van der Waals surface area contributed by atoms with Gasteiger partial charge in [0.25, 0.3) is 0 Å². The number of nitrogens with zero attached hydrogens (tertiary/aromatic N) is 3. The first-order valence-electron chi connectivity index (χ1n) is 11.4. The Balaban J connectivity index is 1.41. The fraction of sp³-hybridized carbons (Fsp3) is 0.696. The summed E-state index contributed by atoms with van der Waals surface area (Å²) >= 11 is 0. The number of rotatable bonds is 8. The molecule has 1 aromatic carbocycles. The second-order valence-electron chi connectivity index (χ2n) is 8.24. The summed E-state index contributed by atoms with van der Waals surface area (Å²) in [6.45, 7) is 13.4.